The second-order valence-electron chi connectivity index (χ2n) is 9.02. The van der Waals surface area contributed by atoms with Crippen molar-refractivity contribution in [3.63, 3.8) is 0 Å². The van der Waals surface area contributed by atoms with Gasteiger partial charge in [-0.3, -0.25) is 4.79 Å². The molecule has 2 fully saturated rings. The van der Waals surface area contributed by atoms with Crippen LogP contribution in [0.1, 0.15) is 38.5 Å². The monoisotopic (exact) mass is 449 g/mol. The molecule has 1 aromatic carbocycles. The number of aromatic amines is 1. The lowest BCUT2D eigenvalue weighted by Crippen LogP contribution is -2.34. The Hall–Kier alpha value is -3.20. The molecule has 9 heteroatoms. The van der Waals surface area contributed by atoms with Gasteiger partial charge in [-0.2, -0.15) is 10.1 Å². The first-order valence-electron chi connectivity index (χ1n) is 11.9. The lowest BCUT2D eigenvalue weighted by molar-refractivity contribution is 0.203. The topological polar surface area (TPSA) is 110 Å². The van der Waals surface area contributed by atoms with Gasteiger partial charge in [-0.1, -0.05) is 12.8 Å². The van der Waals surface area contributed by atoms with Gasteiger partial charge in [0, 0.05) is 44.2 Å². The quantitative estimate of drug-likeness (QED) is 0.545. The zero-order valence-electron chi connectivity index (χ0n) is 18.8. The molecule has 3 aromatic rings. The first-order valence-corrected chi connectivity index (χ1v) is 11.9. The number of anilines is 4. The minimum Gasteiger partial charge on any atom is -0.396 e. The number of piperidine rings is 1. The molecule has 5 rings (SSSR count). The smallest absolute Gasteiger partial charge is 0.277 e. The molecule has 0 saturated carbocycles. The number of rotatable bonds is 5. The van der Waals surface area contributed by atoms with Gasteiger partial charge < -0.3 is 20.2 Å². The van der Waals surface area contributed by atoms with E-state index >= 15 is 0 Å². The van der Waals surface area contributed by atoms with Crippen LogP contribution < -0.4 is 20.7 Å². The van der Waals surface area contributed by atoms with Crippen molar-refractivity contribution in [1.82, 2.24) is 20.2 Å². The maximum absolute atomic E-state index is 12.6. The molecule has 0 spiro atoms. The summed E-state index contributed by atoms with van der Waals surface area (Å²) in [5.74, 6) is 1.56. The lowest BCUT2D eigenvalue weighted by atomic mass is 9.97. The van der Waals surface area contributed by atoms with E-state index in [0.29, 0.717) is 28.6 Å². The Balaban J connectivity index is 1.41. The molecule has 0 radical (unpaired) electrons. The van der Waals surface area contributed by atoms with Gasteiger partial charge in [0.1, 0.15) is 16.7 Å². The maximum Gasteiger partial charge on any atom is 0.277 e. The zero-order chi connectivity index (χ0) is 22.6. The summed E-state index contributed by atoms with van der Waals surface area (Å²) in [5.41, 5.74) is 2.26. The van der Waals surface area contributed by atoms with Crippen molar-refractivity contribution >= 4 is 34.0 Å². The lowest BCUT2D eigenvalue weighted by Gasteiger charge is -2.33. The number of aliphatic hydroxyl groups excluding tert-OH is 1. The van der Waals surface area contributed by atoms with Gasteiger partial charge in [-0.05, 0) is 55.9 Å². The molecule has 2 aliphatic rings. The highest BCUT2D eigenvalue weighted by molar-refractivity contribution is 5.90. The van der Waals surface area contributed by atoms with E-state index in [-0.39, 0.29) is 12.2 Å². The van der Waals surface area contributed by atoms with E-state index in [4.69, 9.17) is 4.98 Å². The molecule has 0 bridgehead atoms. The van der Waals surface area contributed by atoms with Crippen LogP contribution in [0, 0.1) is 5.92 Å². The molecule has 0 atom stereocenters. The number of H-pyrrole nitrogens is 1. The molecule has 3 N–H and O–H groups in total. The maximum atomic E-state index is 12.6. The van der Waals surface area contributed by atoms with Gasteiger partial charge in [-0.15, -0.1) is 0 Å². The predicted molar refractivity (Wildman–Crippen MR) is 130 cm³/mol. The molecule has 33 heavy (non-hydrogen) atoms. The van der Waals surface area contributed by atoms with Crippen molar-refractivity contribution in [1.29, 1.82) is 0 Å². The number of benzene rings is 1. The number of aliphatic hydroxyl groups is 1. The van der Waals surface area contributed by atoms with Crippen LogP contribution in [0.15, 0.2) is 35.3 Å². The summed E-state index contributed by atoms with van der Waals surface area (Å²) in [6.45, 7) is 4.02. The third-order valence-corrected chi connectivity index (χ3v) is 6.76. The minimum atomic E-state index is -0.305. The van der Waals surface area contributed by atoms with Crippen LogP contribution >= 0.6 is 0 Å². The Morgan fingerprint density at radius 3 is 2.39 bits per heavy atom. The summed E-state index contributed by atoms with van der Waals surface area (Å²) < 4.78 is 0. The van der Waals surface area contributed by atoms with Gasteiger partial charge in [0.25, 0.3) is 5.56 Å². The third kappa shape index (κ3) is 4.78. The number of nitrogens with zero attached hydrogens (tertiary/aromatic N) is 5. The van der Waals surface area contributed by atoms with E-state index in [1.165, 1.54) is 12.8 Å². The Kier molecular flexibility index (Phi) is 6.39. The summed E-state index contributed by atoms with van der Waals surface area (Å²) in [6, 6.07) is 8.21. The number of fused-ring (bicyclic) bond motifs is 1. The van der Waals surface area contributed by atoms with Crippen LogP contribution in [0.3, 0.4) is 0 Å². The van der Waals surface area contributed by atoms with E-state index in [0.717, 1.165) is 63.2 Å². The van der Waals surface area contributed by atoms with Gasteiger partial charge in [0.15, 0.2) is 0 Å². The van der Waals surface area contributed by atoms with Crippen LogP contribution in [0.25, 0.3) is 10.9 Å². The van der Waals surface area contributed by atoms with Crippen molar-refractivity contribution in [3.8, 4) is 0 Å². The Bertz CT molecular complexity index is 1130. The molecule has 2 aromatic heterocycles. The van der Waals surface area contributed by atoms with Crippen molar-refractivity contribution in [2.24, 2.45) is 5.92 Å². The molecular formula is C24H31N7O2. The molecule has 0 aliphatic carbocycles. The fourth-order valence-corrected chi connectivity index (χ4v) is 4.76. The first-order chi connectivity index (χ1) is 16.2. The van der Waals surface area contributed by atoms with Crippen LogP contribution in [-0.2, 0) is 0 Å². The van der Waals surface area contributed by atoms with Crippen LogP contribution in [0.2, 0.25) is 0 Å². The second kappa shape index (κ2) is 9.74. The molecule has 9 nitrogen and oxygen atoms in total. The SMILES string of the molecule is O=c1[nH]ncc2nc(N3CCCCCC3)nc(Nc3ccc(N4CCC(CO)CC4)cc3)c12. The average Bonchev–Trinajstić information content (AvgIpc) is 3.14. The summed E-state index contributed by atoms with van der Waals surface area (Å²) in [6.07, 6.45) is 8.30. The highest BCUT2D eigenvalue weighted by Crippen LogP contribution is 2.28. The van der Waals surface area contributed by atoms with E-state index in [2.05, 4.69) is 42.4 Å². The fraction of sp³-hybridized carbons (Fsp3) is 0.500. The van der Waals surface area contributed by atoms with Gasteiger partial charge >= 0.3 is 0 Å². The fourth-order valence-electron chi connectivity index (χ4n) is 4.76. The van der Waals surface area contributed by atoms with E-state index in [1.54, 1.807) is 6.20 Å². The highest BCUT2D eigenvalue weighted by Gasteiger charge is 2.20. The highest BCUT2D eigenvalue weighted by atomic mass is 16.3. The summed E-state index contributed by atoms with van der Waals surface area (Å²) in [4.78, 5) is 26.6. The zero-order valence-corrected chi connectivity index (χ0v) is 18.8. The third-order valence-electron chi connectivity index (χ3n) is 6.76. The predicted octanol–water partition coefficient (Wildman–Crippen LogP) is 3.05. The van der Waals surface area contributed by atoms with E-state index in [9.17, 15) is 9.90 Å². The average molecular weight is 450 g/mol. The van der Waals surface area contributed by atoms with Gasteiger partial charge in [0.2, 0.25) is 5.95 Å². The van der Waals surface area contributed by atoms with Crippen LogP contribution in [0.4, 0.5) is 23.1 Å². The summed E-state index contributed by atoms with van der Waals surface area (Å²) >= 11 is 0. The molecule has 2 saturated heterocycles. The largest absolute Gasteiger partial charge is 0.396 e. The van der Waals surface area contributed by atoms with Crippen LogP contribution in [0.5, 0.6) is 0 Å². The van der Waals surface area contributed by atoms with E-state index < -0.39 is 0 Å². The Labute approximate surface area is 192 Å². The number of hydrogen-bond donors (Lipinski definition) is 3. The van der Waals surface area contributed by atoms with Gasteiger partial charge in [-0.25, -0.2) is 10.1 Å². The minimum absolute atomic E-state index is 0.275. The standard InChI is InChI=1S/C24H31N7O2/c32-16-17-9-13-30(14-10-17)19-7-5-18(6-8-19)26-22-21-20(15-25-29-23(21)33)27-24(28-22)31-11-3-1-2-4-12-31/h5-8,15,17,32H,1-4,9-14,16H2,(H,29,33)(H,26,27,28). The normalized spacial score (nSPS) is 17.8. The molecule has 174 valence electrons. The van der Waals surface area contributed by atoms with E-state index in [1.807, 2.05) is 12.1 Å². The molecule has 0 unspecified atom stereocenters. The summed E-state index contributed by atoms with van der Waals surface area (Å²) in [5, 5.41) is 19.6. The first kappa shape index (κ1) is 21.6. The molecular weight excluding hydrogens is 418 g/mol. The Morgan fingerprint density at radius 2 is 1.70 bits per heavy atom. The van der Waals surface area contributed by atoms with Gasteiger partial charge in [0.05, 0.1) is 6.20 Å². The number of nitrogens with one attached hydrogen (secondary N) is 2. The molecule has 0 amide bonds. The molecule has 4 heterocycles. The van der Waals surface area contributed by atoms with Crippen molar-refractivity contribution < 1.29 is 5.11 Å². The van der Waals surface area contributed by atoms with Crippen molar-refractivity contribution in [2.45, 2.75) is 38.5 Å². The molecule has 2 aliphatic heterocycles. The summed E-state index contributed by atoms with van der Waals surface area (Å²) in [7, 11) is 0. The van der Waals surface area contributed by atoms with Crippen molar-refractivity contribution in [2.75, 3.05) is 47.9 Å². The Morgan fingerprint density at radius 1 is 0.970 bits per heavy atom. The second-order valence-corrected chi connectivity index (χ2v) is 9.02. The number of hydrogen-bond acceptors (Lipinski definition) is 8. The van der Waals surface area contributed by atoms with Crippen molar-refractivity contribution in [3.05, 3.63) is 40.8 Å². The van der Waals surface area contributed by atoms with Crippen LogP contribution in [-0.4, -0.2) is 58.1 Å². The number of aromatic nitrogens is 4.